The number of benzene rings is 2. The van der Waals surface area contributed by atoms with Crippen molar-refractivity contribution in [2.75, 3.05) is 0 Å². The Labute approximate surface area is 213 Å². The summed E-state index contributed by atoms with van der Waals surface area (Å²) in [5.74, 6) is 0.851. The lowest BCUT2D eigenvalue weighted by molar-refractivity contribution is 0.285. The van der Waals surface area contributed by atoms with Crippen LogP contribution in [0, 0.1) is 0 Å². The van der Waals surface area contributed by atoms with Gasteiger partial charge in [-0.05, 0) is 68.9 Å². The number of rotatable bonds is 0. The molecule has 5 heteroatoms. The van der Waals surface area contributed by atoms with Gasteiger partial charge in [0, 0.05) is 11.1 Å². The van der Waals surface area contributed by atoms with Gasteiger partial charge in [0.15, 0.2) is 0 Å². The van der Waals surface area contributed by atoms with Crippen LogP contribution in [0.15, 0.2) is 24.3 Å². The summed E-state index contributed by atoms with van der Waals surface area (Å²) in [5, 5.41) is 0. The van der Waals surface area contributed by atoms with Crippen LogP contribution in [0.3, 0.4) is 0 Å². The van der Waals surface area contributed by atoms with Crippen molar-refractivity contribution < 1.29 is 18.5 Å². The Morgan fingerprint density at radius 1 is 0.600 bits per heavy atom. The fraction of sp³-hybridized carbons (Fsp3) is 0.600. The lowest BCUT2D eigenvalue weighted by atomic mass is 9.72. The molecule has 194 valence electrons. The number of phosphoric ester groups is 1. The average Bonchev–Trinajstić information content (AvgIpc) is 2.61. The number of phosphoric acid groups is 1. The molecule has 0 saturated heterocycles. The quantitative estimate of drug-likeness (QED) is 0.368. The van der Waals surface area contributed by atoms with Crippen molar-refractivity contribution in [2.45, 2.75) is 118 Å². The fourth-order valence-corrected chi connectivity index (χ4v) is 6.33. The molecular weight excluding hydrogens is 455 g/mol. The van der Waals surface area contributed by atoms with E-state index in [1.807, 2.05) is 12.1 Å². The molecule has 3 rings (SSSR count). The molecule has 1 N–H and O–H groups in total. The SMILES string of the molecule is CC(C)(C)c1ccc2c(C(C)(C)C)c1CCc1c(C(C)(C)C)ccc(c1C(C)(C)C)OP(=O)(O)O2. The van der Waals surface area contributed by atoms with Crippen molar-refractivity contribution in [1.82, 2.24) is 0 Å². The van der Waals surface area contributed by atoms with Crippen molar-refractivity contribution in [3.8, 4) is 11.5 Å². The molecule has 4 nitrogen and oxygen atoms in total. The van der Waals surface area contributed by atoms with E-state index < -0.39 is 7.82 Å². The highest BCUT2D eigenvalue weighted by atomic mass is 31.2. The standard InChI is InChI=1S/C30H45O4P/c1-27(2,3)21-15-17-23-25(29(7,8)9)19(21)13-14-20-22(28(4,5)6)16-18-24(26(20)30(10,11)12)34-35(31,32)33-23/h15-18H,13-14H2,1-12H3,(H,31,32). The van der Waals surface area contributed by atoms with Gasteiger partial charge in [-0.1, -0.05) is 95.2 Å². The average molecular weight is 501 g/mol. The molecule has 35 heavy (non-hydrogen) atoms. The third kappa shape index (κ3) is 5.81. The summed E-state index contributed by atoms with van der Waals surface area (Å²) in [4.78, 5) is 11.0. The van der Waals surface area contributed by atoms with Crippen LogP contribution >= 0.6 is 7.82 Å². The third-order valence-electron chi connectivity index (χ3n) is 6.72. The molecule has 0 unspecified atom stereocenters. The van der Waals surface area contributed by atoms with Crippen LogP contribution in [0.5, 0.6) is 11.5 Å². The molecule has 1 heterocycles. The molecule has 0 amide bonds. The second-order valence-electron chi connectivity index (χ2n) is 14.1. The van der Waals surface area contributed by atoms with Gasteiger partial charge in [0.25, 0.3) is 0 Å². The van der Waals surface area contributed by atoms with Crippen molar-refractivity contribution in [3.05, 3.63) is 57.6 Å². The lowest BCUT2D eigenvalue weighted by Crippen LogP contribution is -2.24. The monoisotopic (exact) mass is 500 g/mol. The molecule has 4 bridgehead atoms. The molecule has 0 spiro atoms. The van der Waals surface area contributed by atoms with Crippen LogP contribution in [-0.4, -0.2) is 4.89 Å². The first-order valence-electron chi connectivity index (χ1n) is 12.7. The molecule has 0 radical (unpaired) electrons. The van der Waals surface area contributed by atoms with E-state index in [9.17, 15) is 9.46 Å². The molecular formula is C30H45O4P. The zero-order valence-electron chi connectivity index (χ0n) is 23.8. The van der Waals surface area contributed by atoms with Gasteiger partial charge >= 0.3 is 7.82 Å². The minimum atomic E-state index is -4.45. The summed E-state index contributed by atoms with van der Waals surface area (Å²) in [6, 6.07) is 7.80. The first kappa shape index (κ1) is 27.8. The first-order chi connectivity index (χ1) is 15.6. The molecule has 0 aliphatic carbocycles. The van der Waals surface area contributed by atoms with Crippen LogP contribution in [0.2, 0.25) is 0 Å². The Morgan fingerprint density at radius 2 is 0.914 bits per heavy atom. The Balaban J connectivity index is 2.46. The first-order valence-corrected chi connectivity index (χ1v) is 14.2. The predicted molar refractivity (Wildman–Crippen MR) is 146 cm³/mol. The summed E-state index contributed by atoms with van der Waals surface area (Å²) >= 11 is 0. The van der Waals surface area contributed by atoms with Crippen LogP contribution in [0.25, 0.3) is 0 Å². The van der Waals surface area contributed by atoms with Crippen molar-refractivity contribution in [2.24, 2.45) is 0 Å². The Bertz CT molecular complexity index is 1080. The Hall–Kier alpha value is -1.77. The zero-order chi connectivity index (χ0) is 26.8. The lowest BCUT2D eigenvalue weighted by Gasteiger charge is -2.33. The van der Waals surface area contributed by atoms with Gasteiger partial charge < -0.3 is 9.05 Å². The van der Waals surface area contributed by atoms with E-state index in [1.54, 1.807) is 0 Å². The molecule has 0 atom stereocenters. The largest absolute Gasteiger partial charge is 0.584 e. The van der Waals surface area contributed by atoms with Gasteiger partial charge in [0.2, 0.25) is 0 Å². The molecule has 0 aromatic heterocycles. The summed E-state index contributed by atoms with van der Waals surface area (Å²) in [6.07, 6.45) is 1.61. The highest BCUT2D eigenvalue weighted by molar-refractivity contribution is 7.48. The molecule has 1 aliphatic heterocycles. The maximum atomic E-state index is 13.4. The van der Waals surface area contributed by atoms with Crippen LogP contribution in [0.1, 0.15) is 116 Å². The van der Waals surface area contributed by atoms with Gasteiger partial charge in [-0.2, -0.15) is 0 Å². The number of fused-ring (bicyclic) bond motifs is 4. The van der Waals surface area contributed by atoms with Gasteiger partial charge in [0.05, 0.1) is 0 Å². The molecule has 2 aromatic carbocycles. The van der Waals surface area contributed by atoms with Crippen molar-refractivity contribution in [3.63, 3.8) is 0 Å². The van der Waals surface area contributed by atoms with E-state index in [1.165, 1.54) is 22.3 Å². The van der Waals surface area contributed by atoms with E-state index in [-0.39, 0.29) is 21.7 Å². The third-order valence-corrected chi connectivity index (χ3v) is 7.57. The van der Waals surface area contributed by atoms with Gasteiger partial charge in [-0.15, -0.1) is 0 Å². The molecule has 0 saturated carbocycles. The maximum absolute atomic E-state index is 13.4. The van der Waals surface area contributed by atoms with Crippen LogP contribution in [-0.2, 0) is 39.1 Å². The van der Waals surface area contributed by atoms with E-state index in [0.717, 1.165) is 24.0 Å². The summed E-state index contributed by atoms with van der Waals surface area (Å²) < 4.78 is 25.1. The molecule has 1 aliphatic rings. The summed E-state index contributed by atoms with van der Waals surface area (Å²) in [7, 11) is -4.45. The van der Waals surface area contributed by atoms with E-state index in [4.69, 9.17) is 9.05 Å². The maximum Gasteiger partial charge on any atom is 0.584 e. The highest BCUT2D eigenvalue weighted by Crippen LogP contribution is 2.52. The molecule has 0 fully saturated rings. The van der Waals surface area contributed by atoms with Crippen LogP contribution in [0.4, 0.5) is 0 Å². The van der Waals surface area contributed by atoms with Crippen LogP contribution < -0.4 is 9.05 Å². The van der Waals surface area contributed by atoms with E-state index >= 15 is 0 Å². The number of hydrogen-bond donors (Lipinski definition) is 1. The smallest absolute Gasteiger partial charge is 0.395 e. The van der Waals surface area contributed by atoms with E-state index in [0.29, 0.717) is 11.5 Å². The fourth-order valence-electron chi connectivity index (χ4n) is 5.49. The molecule has 2 aromatic rings. The van der Waals surface area contributed by atoms with Gasteiger partial charge in [-0.3, -0.25) is 4.89 Å². The van der Waals surface area contributed by atoms with Gasteiger partial charge in [-0.25, -0.2) is 4.57 Å². The second-order valence-corrected chi connectivity index (χ2v) is 15.4. The summed E-state index contributed by atoms with van der Waals surface area (Å²) in [5.41, 5.74) is 6.09. The number of hydrogen-bond acceptors (Lipinski definition) is 3. The Morgan fingerprint density at radius 3 is 1.17 bits per heavy atom. The topological polar surface area (TPSA) is 55.8 Å². The normalized spacial score (nSPS) is 16.7. The summed E-state index contributed by atoms with van der Waals surface area (Å²) in [6.45, 7) is 26.1. The highest BCUT2D eigenvalue weighted by Gasteiger charge is 2.37. The predicted octanol–water partition coefficient (Wildman–Crippen LogP) is 8.53. The van der Waals surface area contributed by atoms with E-state index in [2.05, 4.69) is 95.2 Å². The minimum Gasteiger partial charge on any atom is -0.395 e. The Kier molecular flexibility index (Phi) is 6.89. The van der Waals surface area contributed by atoms with Crippen molar-refractivity contribution in [1.29, 1.82) is 0 Å². The minimum absolute atomic E-state index is 0.0883. The second kappa shape index (κ2) is 8.67. The van der Waals surface area contributed by atoms with Gasteiger partial charge in [0.1, 0.15) is 11.5 Å². The van der Waals surface area contributed by atoms with Crippen molar-refractivity contribution >= 4 is 7.82 Å². The zero-order valence-corrected chi connectivity index (χ0v) is 24.7.